The summed E-state index contributed by atoms with van der Waals surface area (Å²) >= 11 is 0. The van der Waals surface area contributed by atoms with Crippen molar-refractivity contribution in [2.45, 2.75) is 70.2 Å². The van der Waals surface area contributed by atoms with Gasteiger partial charge in [0.2, 0.25) is 10.0 Å². The number of benzene rings is 1. The van der Waals surface area contributed by atoms with Crippen molar-refractivity contribution in [3.63, 3.8) is 0 Å². The van der Waals surface area contributed by atoms with E-state index < -0.39 is 28.3 Å². The Morgan fingerprint density at radius 2 is 1.70 bits per heavy atom. The summed E-state index contributed by atoms with van der Waals surface area (Å²) < 4.78 is 39.8. The fraction of sp³-hybridized carbons (Fsp3) is 0.611. The van der Waals surface area contributed by atoms with E-state index in [0.29, 0.717) is 17.6 Å². The summed E-state index contributed by atoms with van der Waals surface area (Å²) in [5.41, 5.74) is 0.421. The molecule has 0 spiro atoms. The van der Waals surface area contributed by atoms with Crippen molar-refractivity contribution in [1.29, 1.82) is 0 Å². The quantitative estimate of drug-likeness (QED) is 0.778. The van der Waals surface area contributed by atoms with Crippen molar-refractivity contribution in [1.82, 2.24) is 9.62 Å². The smallest absolute Gasteiger partial charge is 0.399 e. The molecule has 2 aliphatic heterocycles. The number of fused-ring (bicyclic) bond motifs is 1. The highest BCUT2D eigenvalue weighted by molar-refractivity contribution is 7.89. The lowest BCUT2D eigenvalue weighted by molar-refractivity contribution is 0.00578. The van der Waals surface area contributed by atoms with E-state index in [-0.39, 0.29) is 22.4 Å². The molecule has 9 heteroatoms. The molecule has 1 aromatic carbocycles. The maximum absolute atomic E-state index is 12.8. The zero-order valence-corrected chi connectivity index (χ0v) is 17.7. The molecular formula is C18H27BN2O5S. The molecule has 2 aliphatic rings. The first kappa shape index (κ1) is 20.3. The molecule has 0 aromatic heterocycles. The Kier molecular flexibility index (Phi) is 4.74. The number of carbonyl (C=O) groups is 1. The van der Waals surface area contributed by atoms with E-state index in [9.17, 15) is 13.2 Å². The first-order valence-electron chi connectivity index (χ1n) is 9.08. The number of amides is 1. The molecule has 0 radical (unpaired) electrons. The summed E-state index contributed by atoms with van der Waals surface area (Å²) in [6.45, 7) is 11.9. The Hall–Kier alpha value is -1.42. The van der Waals surface area contributed by atoms with E-state index >= 15 is 0 Å². The minimum atomic E-state index is -3.82. The van der Waals surface area contributed by atoms with Gasteiger partial charge in [0.05, 0.1) is 21.7 Å². The van der Waals surface area contributed by atoms with Crippen LogP contribution < -0.4 is 10.2 Å². The SMILES string of the molecule is CNS(=O)(=O)c1cc(B2OC(C)(C)C(C)(C)O2)cc2c1C(=O)N(C(C)C)C2. The molecular weight excluding hydrogens is 367 g/mol. The summed E-state index contributed by atoms with van der Waals surface area (Å²) in [4.78, 5) is 14.5. The van der Waals surface area contributed by atoms with Gasteiger partial charge in [-0.3, -0.25) is 4.79 Å². The van der Waals surface area contributed by atoms with Crippen LogP contribution >= 0.6 is 0 Å². The topological polar surface area (TPSA) is 84.9 Å². The largest absolute Gasteiger partial charge is 0.494 e. The maximum atomic E-state index is 12.8. The molecule has 1 saturated heterocycles. The second kappa shape index (κ2) is 6.30. The van der Waals surface area contributed by atoms with Gasteiger partial charge in [-0.15, -0.1) is 0 Å². The normalized spacial score (nSPS) is 21.3. The van der Waals surface area contributed by atoms with Crippen molar-refractivity contribution in [2.75, 3.05) is 7.05 Å². The van der Waals surface area contributed by atoms with Crippen LogP contribution in [0.25, 0.3) is 0 Å². The first-order valence-corrected chi connectivity index (χ1v) is 10.6. The van der Waals surface area contributed by atoms with E-state index in [0.717, 1.165) is 0 Å². The third kappa shape index (κ3) is 3.20. The van der Waals surface area contributed by atoms with Gasteiger partial charge in [-0.05, 0) is 65.7 Å². The molecule has 3 rings (SSSR count). The molecule has 2 heterocycles. The zero-order chi connectivity index (χ0) is 20.4. The molecule has 0 unspecified atom stereocenters. The lowest BCUT2D eigenvalue weighted by atomic mass is 9.78. The number of nitrogens with zero attached hydrogens (tertiary/aromatic N) is 1. The van der Waals surface area contributed by atoms with Gasteiger partial charge in [0.15, 0.2) is 0 Å². The molecule has 1 amide bonds. The van der Waals surface area contributed by atoms with Crippen molar-refractivity contribution in [3.05, 3.63) is 23.3 Å². The standard InChI is InChI=1S/C18H27BN2O5S/c1-11(2)21-10-12-8-13(19-25-17(3,4)18(5,6)26-19)9-14(15(12)16(21)22)27(23,24)20-7/h8-9,11,20H,10H2,1-7H3. The van der Waals surface area contributed by atoms with Gasteiger partial charge < -0.3 is 14.2 Å². The van der Waals surface area contributed by atoms with E-state index in [1.807, 2.05) is 47.6 Å². The monoisotopic (exact) mass is 394 g/mol. The van der Waals surface area contributed by atoms with Crippen LogP contribution in [0.2, 0.25) is 0 Å². The Morgan fingerprint density at radius 1 is 1.15 bits per heavy atom. The van der Waals surface area contributed by atoms with Crippen LogP contribution in [0.5, 0.6) is 0 Å². The molecule has 0 saturated carbocycles. The summed E-state index contributed by atoms with van der Waals surface area (Å²) in [6.07, 6.45) is 0. The number of carbonyl (C=O) groups excluding carboxylic acids is 1. The van der Waals surface area contributed by atoms with Gasteiger partial charge in [0.25, 0.3) is 5.91 Å². The van der Waals surface area contributed by atoms with E-state index in [2.05, 4.69) is 4.72 Å². The van der Waals surface area contributed by atoms with Gasteiger partial charge in [-0.25, -0.2) is 13.1 Å². The molecule has 148 valence electrons. The van der Waals surface area contributed by atoms with Gasteiger partial charge in [0, 0.05) is 12.6 Å². The lowest BCUT2D eigenvalue weighted by Gasteiger charge is -2.32. The Balaban J connectivity index is 2.15. The van der Waals surface area contributed by atoms with Crippen molar-refractivity contribution in [2.24, 2.45) is 0 Å². The molecule has 0 atom stereocenters. The van der Waals surface area contributed by atoms with E-state index in [4.69, 9.17) is 9.31 Å². The number of nitrogens with one attached hydrogen (secondary N) is 1. The molecule has 7 nitrogen and oxygen atoms in total. The molecule has 0 aliphatic carbocycles. The zero-order valence-electron chi connectivity index (χ0n) is 16.9. The predicted octanol–water partition coefficient (Wildman–Crippen LogP) is 1.26. The fourth-order valence-corrected chi connectivity index (χ4v) is 4.32. The first-order chi connectivity index (χ1) is 12.3. The Labute approximate surface area is 161 Å². The van der Waals surface area contributed by atoms with Gasteiger partial charge in [0.1, 0.15) is 0 Å². The van der Waals surface area contributed by atoms with Gasteiger partial charge in [-0.1, -0.05) is 6.07 Å². The summed E-state index contributed by atoms with van der Waals surface area (Å²) in [6, 6.07) is 3.29. The lowest BCUT2D eigenvalue weighted by Crippen LogP contribution is -2.41. The minimum absolute atomic E-state index is 0.0274. The number of hydrogen-bond acceptors (Lipinski definition) is 5. The van der Waals surface area contributed by atoms with E-state index in [1.165, 1.54) is 13.1 Å². The molecule has 27 heavy (non-hydrogen) atoms. The summed E-state index contributed by atoms with van der Waals surface area (Å²) in [5.74, 6) is -0.269. The number of rotatable bonds is 4. The molecule has 1 fully saturated rings. The average molecular weight is 394 g/mol. The number of sulfonamides is 1. The van der Waals surface area contributed by atoms with Crippen LogP contribution in [0.1, 0.15) is 57.5 Å². The molecule has 1 aromatic rings. The van der Waals surface area contributed by atoms with Crippen LogP contribution in [0.4, 0.5) is 0 Å². The highest BCUT2D eigenvalue weighted by atomic mass is 32.2. The second-order valence-corrected chi connectivity index (χ2v) is 10.2. The van der Waals surface area contributed by atoms with Crippen LogP contribution in [-0.2, 0) is 25.9 Å². The highest BCUT2D eigenvalue weighted by Crippen LogP contribution is 2.37. The predicted molar refractivity (Wildman–Crippen MR) is 103 cm³/mol. The third-order valence-corrected chi connectivity index (χ3v) is 7.17. The second-order valence-electron chi connectivity index (χ2n) is 8.38. The van der Waals surface area contributed by atoms with Gasteiger partial charge in [-0.2, -0.15) is 0 Å². The van der Waals surface area contributed by atoms with Crippen LogP contribution in [0, 0.1) is 0 Å². The van der Waals surface area contributed by atoms with E-state index in [1.54, 1.807) is 4.90 Å². The summed E-state index contributed by atoms with van der Waals surface area (Å²) in [5, 5.41) is 0. The molecule has 1 N–H and O–H groups in total. The minimum Gasteiger partial charge on any atom is -0.399 e. The average Bonchev–Trinajstić information content (AvgIpc) is 3.00. The fourth-order valence-electron chi connectivity index (χ4n) is 3.32. The van der Waals surface area contributed by atoms with Crippen LogP contribution in [-0.4, -0.2) is 50.6 Å². The summed E-state index contributed by atoms with van der Waals surface area (Å²) in [7, 11) is -3.19. The Bertz CT molecular complexity index is 879. The van der Waals surface area contributed by atoms with Crippen molar-refractivity contribution < 1.29 is 22.5 Å². The maximum Gasteiger partial charge on any atom is 0.494 e. The third-order valence-electron chi connectivity index (χ3n) is 5.73. The van der Waals surface area contributed by atoms with Crippen LogP contribution in [0.3, 0.4) is 0 Å². The number of hydrogen-bond donors (Lipinski definition) is 1. The highest BCUT2D eigenvalue weighted by Gasteiger charge is 2.52. The van der Waals surface area contributed by atoms with Crippen molar-refractivity contribution in [3.8, 4) is 0 Å². The van der Waals surface area contributed by atoms with Crippen LogP contribution in [0.15, 0.2) is 17.0 Å². The Morgan fingerprint density at radius 3 is 2.19 bits per heavy atom. The van der Waals surface area contributed by atoms with Crippen molar-refractivity contribution >= 4 is 28.5 Å². The molecule has 0 bridgehead atoms. The van der Waals surface area contributed by atoms with Gasteiger partial charge >= 0.3 is 7.12 Å².